The molecule has 174 valence electrons. The van der Waals surface area contributed by atoms with E-state index in [4.69, 9.17) is 16.1 Å². The normalized spacial score (nSPS) is 15.5. The van der Waals surface area contributed by atoms with Gasteiger partial charge >= 0.3 is 6.18 Å². The van der Waals surface area contributed by atoms with Crippen molar-refractivity contribution in [3.63, 3.8) is 0 Å². The SMILES string of the molecule is O=C(CN1CCN(Cc2nc(-c3cccc(C(F)(F)F)c3)no2)CC1)Nc1ccccc1Cl. The Morgan fingerprint density at radius 1 is 1.06 bits per heavy atom. The van der Waals surface area contributed by atoms with Crippen molar-refractivity contribution in [2.24, 2.45) is 0 Å². The molecule has 1 N–H and O–H groups in total. The molecule has 1 aliphatic rings. The van der Waals surface area contributed by atoms with E-state index in [1.807, 2.05) is 4.90 Å². The molecule has 1 aromatic heterocycles. The molecular weight excluding hydrogens is 459 g/mol. The Kier molecular flexibility index (Phi) is 6.96. The number of benzene rings is 2. The van der Waals surface area contributed by atoms with Gasteiger partial charge in [0.25, 0.3) is 0 Å². The van der Waals surface area contributed by atoms with Crippen LogP contribution in [0.4, 0.5) is 18.9 Å². The summed E-state index contributed by atoms with van der Waals surface area (Å²) in [4.78, 5) is 20.7. The smallest absolute Gasteiger partial charge is 0.338 e. The molecule has 0 unspecified atom stereocenters. The summed E-state index contributed by atoms with van der Waals surface area (Å²) in [5.74, 6) is 0.303. The van der Waals surface area contributed by atoms with Gasteiger partial charge in [-0.2, -0.15) is 18.2 Å². The van der Waals surface area contributed by atoms with Crippen LogP contribution in [0.15, 0.2) is 53.1 Å². The summed E-state index contributed by atoms with van der Waals surface area (Å²) in [6.07, 6.45) is -4.44. The molecule has 1 amide bonds. The molecule has 11 heteroatoms. The molecule has 0 spiro atoms. The number of hydrogen-bond donors (Lipinski definition) is 1. The van der Waals surface area contributed by atoms with Crippen LogP contribution >= 0.6 is 11.6 Å². The van der Waals surface area contributed by atoms with Crippen molar-refractivity contribution >= 4 is 23.2 Å². The lowest BCUT2D eigenvalue weighted by atomic mass is 10.1. The highest BCUT2D eigenvalue weighted by molar-refractivity contribution is 6.33. The minimum absolute atomic E-state index is 0.117. The maximum absolute atomic E-state index is 12.9. The quantitative estimate of drug-likeness (QED) is 0.572. The predicted octanol–water partition coefficient (Wildman–Crippen LogP) is 4.17. The molecule has 33 heavy (non-hydrogen) atoms. The fourth-order valence-corrected chi connectivity index (χ4v) is 3.71. The molecule has 0 aliphatic carbocycles. The van der Waals surface area contributed by atoms with E-state index in [2.05, 4.69) is 20.4 Å². The zero-order valence-electron chi connectivity index (χ0n) is 17.5. The number of anilines is 1. The van der Waals surface area contributed by atoms with E-state index in [1.165, 1.54) is 12.1 Å². The molecule has 0 saturated carbocycles. The zero-order valence-corrected chi connectivity index (χ0v) is 18.2. The Hall–Kier alpha value is -2.95. The zero-order chi connectivity index (χ0) is 23.4. The number of nitrogens with zero attached hydrogens (tertiary/aromatic N) is 4. The first-order valence-corrected chi connectivity index (χ1v) is 10.6. The van der Waals surface area contributed by atoms with Gasteiger partial charge in [-0.25, -0.2) is 0 Å². The van der Waals surface area contributed by atoms with Crippen LogP contribution in [0.5, 0.6) is 0 Å². The van der Waals surface area contributed by atoms with Gasteiger partial charge in [-0.05, 0) is 24.3 Å². The Morgan fingerprint density at radius 2 is 1.79 bits per heavy atom. The molecule has 1 aliphatic heterocycles. The van der Waals surface area contributed by atoms with E-state index in [9.17, 15) is 18.0 Å². The Morgan fingerprint density at radius 3 is 2.52 bits per heavy atom. The van der Waals surface area contributed by atoms with E-state index in [1.54, 1.807) is 24.3 Å². The fraction of sp³-hybridized carbons (Fsp3) is 0.318. The van der Waals surface area contributed by atoms with E-state index >= 15 is 0 Å². The first kappa shape index (κ1) is 23.2. The second kappa shape index (κ2) is 9.90. The summed E-state index contributed by atoms with van der Waals surface area (Å²) in [5.41, 5.74) is 0.0611. The molecule has 4 rings (SSSR count). The first-order valence-electron chi connectivity index (χ1n) is 10.3. The van der Waals surface area contributed by atoms with Crippen molar-refractivity contribution in [2.45, 2.75) is 12.7 Å². The Bertz CT molecular complexity index is 1110. The fourth-order valence-electron chi connectivity index (χ4n) is 3.52. The summed E-state index contributed by atoms with van der Waals surface area (Å²) in [6.45, 7) is 3.33. The molecule has 7 nitrogen and oxygen atoms in total. The van der Waals surface area contributed by atoms with Gasteiger partial charge in [0.2, 0.25) is 17.6 Å². The topological polar surface area (TPSA) is 74.5 Å². The number of halogens is 4. The van der Waals surface area contributed by atoms with Gasteiger partial charge < -0.3 is 9.84 Å². The number of rotatable bonds is 6. The van der Waals surface area contributed by atoms with E-state index in [0.717, 1.165) is 12.1 Å². The highest BCUT2D eigenvalue weighted by Crippen LogP contribution is 2.31. The van der Waals surface area contributed by atoms with Crippen LogP contribution in [0.25, 0.3) is 11.4 Å². The van der Waals surface area contributed by atoms with Crippen LogP contribution < -0.4 is 5.32 Å². The standard InChI is InChI=1S/C22H21ClF3N5O2/c23-17-6-1-2-7-18(17)27-19(32)13-30-8-10-31(11-9-30)14-20-28-21(29-33-20)15-4-3-5-16(12-15)22(24,25)26/h1-7,12H,8-11,13-14H2,(H,27,32). The molecule has 0 radical (unpaired) electrons. The van der Waals surface area contributed by atoms with E-state index in [0.29, 0.717) is 49.3 Å². The summed E-state index contributed by atoms with van der Waals surface area (Å²) < 4.78 is 44.0. The highest BCUT2D eigenvalue weighted by Gasteiger charge is 2.31. The number of hydrogen-bond acceptors (Lipinski definition) is 6. The lowest BCUT2D eigenvalue weighted by molar-refractivity contribution is -0.137. The van der Waals surface area contributed by atoms with E-state index in [-0.39, 0.29) is 23.8 Å². The van der Waals surface area contributed by atoms with Crippen molar-refractivity contribution in [2.75, 3.05) is 38.0 Å². The number of aromatic nitrogens is 2. The van der Waals surface area contributed by atoms with Crippen LogP contribution in [-0.4, -0.2) is 58.6 Å². The van der Waals surface area contributed by atoms with Crippen LogP contribution in [-0.2, 0) is 17.5 Å². The molecule has 1 fully saturated rings. The molecule has 0 atom stereocenters. The molecule has 2 aromatic carbocycles. The van der Waals surface area contributed by atoms with Gasteiger partial charge in [0.1, 0.15) is 0 Å². The van der Waals surface area contributed by atoms with Crippen molar-refractivity contribution in [1.29, 1.82) is 0 Å². The minimum atomic E-state index is -4.44. The maximum Gasteiger partial charge on any atom is 0.416 e. The van der Waals surface area contributed by atoms with Crippen LogP contribution in [0, 0.1) is 0 Å². The third-order valence-electron chi connectivity index (χ3n) is 5.26. The molecule has 0 bridgehead atoms. The Balaban J connectivity index is 1.27. The van der Waals surface area contributed by atoms with E-state index < -0.39 is 11.7 Å². The van der Waals surface area contributed by atoms with Crippen molar-refractivity contribution < 1.29 is 22.5 Å². The number of alkyl halides is 3. The van der Waals surface area contributed by atoms with Gasteiger partial charge in [-0.15, -0.1) is 0 Å². The number of carbonyl (C=O) groups excluding carboxylic acids is 1. The highest BCUT2D eigenvalue weighted by atomic mass is 35.5. The summed E-state index contributed by atoms with van der Waals surface area (Å²) in [6, 6.07) is 11.9. The largest absolute Gasteiger partial charge is 0.416 e. The lowest BCUT2D eigenvalue weighted by Crippen LogP contribution is -2.48. The molecular formula is C22H21ClF3N5O2. The first-order chi connectivity index (χ1) is 15.8. The lowest BCUT2D eigenvalue weighted by Gasteiger charge is -2.33. The average Bonchev–Trinajstić information content (AvgIpc) is 3.25. The van der Waals surface area contributed by atoms with Gasteiger partial charge in [0, 0.05) is 31.7 Å². The van der Waals surface area contributed by atoms with Gasteiger partial charge in [-0.3, -0.25) is 14.6 Å². The van der Waals surface area contributed by atoms with Crippen molar-refractivity contribution in [3.8, 4) is 11.4 Å². The third kappa shape index (κ3) is 6.10. The minimum Gasteiger partial charge on any atom is -0.338 e. The summed E-state index contributed by atoms with van der Waals surface area (Å²) >= 11 is 6.07. The number of para-hydroxylation sites is 1. The van der Waals surface area contributed by atoms with Crippen LogP contribution in [0.1, 0.15) is 11.5 Å². The van der Waals surface area contributed by atoms with Crippen molar-refractivity contribution in [3.05, 3.63) is 65.0 Å². The van der Waals surface area contributed by atoms with Gasteiger partial charge in [-0.1, -0.05) is 41.0 Å². The second-order valence-corrected chi connectivity index (χ2v) is 8.08. The summed E-state index contributed by atoms with van der Waals surface area (Å²) in [7, 11) is 0. The molecule has 2 heterocycles. The Labute approximate surface area is 193 Å². The van der Waals surface area contributed by atoms with Crippen molar-refractivity contribution in [1.82, 2.24) is 19.9 Å². The van der Waals surface area contributed by atoms with Crippen LogP contribution in [0.2, 0.25) is 5.02 Å². The third-order valence-corrected chi connectivity index (χ3v) is 5.58. The molecule has 1 saturated heterocycles. The number of amides is 1. The predicted molar refractivity (Wildman–Crippen MR) is 117 cm³/mol. The maximum atomic E-state index is 12.9. The van der Waals surface area contributed by atoms with Gasteiger partial charge in [0.05, 0.1) is 29.4 Å². The molecule has 3 aromatic rings. The van der Waals surface area contributed by atoms with Crippen LogP contribution in [0.3, 0.4) is 0 Å². The summed E-state index contributed by atoms with van der Waals surface area (Å²) in [5, 5.41) is 7.12. The average molecular weight is 480 g/mol. The second-order valence-electron chi connectivity index (χ2n) is 7.67. The van der Waals surface area contributed by atoms with Gasteiger partial charge in [0.15, 0.2) is 0 Å². The monoisotopic (exact) mass is 479 g/mol. The number of nitrogens with one attached hydrogen (secondary N) is 1. The number of piperazine rings is 1. The number of carbonyl (C=O) groups is 1.